The Morgan fingerprint density at radius 3 is 2.47 bits per heavy atom. The van der Waals surface area contributed by atoms with Gasteiger partial charge in [-0.25, -0.2) is 9.38 Å². The molecule has 2 rings (SSSR count). The average Bonchev–Trinajstić information content (AvgIpc) is 2.42. The lowest BCUT2D eigenvalue weighted by Gasteiger charge is -2.17. The molecule has 0 fully saturated rings. The Bertz CT molecular complexity index is 440. The van der Waals surface area contributed by atoms with Crippen LogP contribution in [0.25, 0.3) is 0 Å². The second-order valence-electron chi connectivity index (χ2n) is 3.53. The molecule has 0 spiro atoms. The largest absolute Gasteiger partial charge is 0.370 e. The summed E-state index contributed by atoms with van der Waals surface area (Å²) in [6.45, 7) is 1.63. The summed E-state index contributed by atoms with van der Waals surface area (Å²) in [5.41, 5.74) is 4.98. The van der Waals surface area contributed by atoms with Crippen molar-refractivity contribution in [3.05, 3.63) is 35.6 Å². The summed E-state index contributed by atoms with van der Waals surface area (Å²) in [7, 11) is 0. The van der Waals surface area contributed by atoms with E-state index in [9.17, 15) is 9.18 Å². The van der Waals surface area contributed by atoms with E-state index in [0.29, 0.717) is 5.56 Å². The van der Waals surface area contributed by atoms with Crippen molar-refractivity contribution in [3.63, 3.8) is 0 Å². The third kappa shape index (κ3) is 1.45. The van der Waals surface area contributed by atoms with Crippen LogP contribution >= 0.6 is 0 Å². The first-order chi connectivity index (χ1) is 7.02. The highest BCUT2D eigenvalue weighted by atomic mass is 19.1. The lowest BCUT2D eigenvalue weighted by Crippen LogP contribution is -2.37. The first-order valence-electron chi connectivity index (χ1n) is 4.45. The minimum atomic E-state index is -1.04. The van der Waals surface area contributed by atoms with E-state index in [0.717, 1.165) is 0 Å². The van der Waals surface area contributed by atoms with Crippen LogP contribution in [0.1, 0.15) is 12.5 Å². The molecule has 0 radical (unpaired) electrons. The number of benzene rings is 1. The maximum absolute atomic E-state index is 12.7. The number of nitrogens with one attached hydrogen (secondary N) is 1. The highest BCUT2D eigenvalue weighted by Gasteiger charge is 2.39. The molecule has 1 aliphatic heterocycles. The van der Waals surface area contributed by atoms with Gasteiger partial charge in [-0.3, -0.25) is 10.1 Å². The normalized spacial score (nSPS) is 24.9. The van der Waals surface area contributed by atoms with E-state index < -0.39 is 5.54 Å². The minimum absolute atomic E-state index is 0.0897. The number of hydrogen-bond acceptors (Lipinski definition) is 3. The number of nitrogens with zero attached hydrogens (tertiary/aromatic N) is 1. The van der Waals surface area contributed by atoms with Gasteiger partial charge in [0.1, 0.15) is 5.82 Å². The van der Waals surface area contributed by atoms with Crippen LogP contribution in [-0.4, -0.2) is 11.9 Å². The zero-order valence-electron chi connectivity index (χ0n) is 8.12. The van der Waals surface area contributed by atoms with Crippen molar-refractivity contribution in [1.82, 2.24) is 5.32 Å². The monoisotopic (exact) mass is 207 g/mol. The van der Waals surface area contributed by atoms with E-state index in [1.165, 1.54) is 24.3 Å². The highest BCUT2D eigenvalue weighted by molar-refractivity contribution is 6.06. The lowest BCUT2D eigenvalue weighted by molar-refractivity contribution is -0.123. The fourth-order valence-electron chi connectivity index (χ4n) is 1.53. The Kier molecular flexibility index (Phi) is 1.96. The fourth-order valence-corrected chi connectivity index (χ4v) is 1.53. The quantitative estimate of drug-likeness (QED) is 0.703. The van der Waals surface area contributed by atoms with Gasteiger partial charge in [-0.05, 0) is 24.6 Å². The van der Waals surface area contributed by atoms with Crippen molar-refractivity contribution in [1.29, 1.82) is 0 Å². The molecule has 1 aromatic rings. The Labute approximate surface area is 86.0 Å². The summed E-state index contributed by atoms with van der Waals surface area (Å²) in [5.74, 6) is -0.559. The molecule has 4 nitrogen and oxygen atoms in total. The van der Waals surface area contributed by atoms with Crippen molar-refractivity contribution in [2.24, 2.45) is 10.7 Å². The fraction of sp³-hybridized carbons (Fsp3) is 0.200. The Morgan fingerprint density at radius 2 is 2.00 bits per heavy atom. The standard InChI is InChI=1S/C10H10FN3O/c1-10(8(15)13-9(12)14-10)6-2-4-7(11)5-3-6/h2-5H,1H3,(H3,12,13,14,15). The molecule has 5 heteroatoms. The first kappa shape index (κ1) is 9.64. The molecule has 1 amide bonds. The molecule has 0 bridgehead atoms. The van der Waals surface area contributed by atoms with Gasteiger partial charge in [0, 0.05) is 0 Å². The smallest absolute Gasteiger partial charge is 0.259 e. The number of amides is 1. The van der Waals surface area contributed by atoms with Crippen LogP contribution in [0.5, 0.6) is 0 Å². The Morgan fingerprint density at radius 1 is 1.40 bits per heavy atom. The molecule has 1 aliphatic rings. The van der Waals surface area contributed by atoms with E-state index in [4.69, 9.17) is 5.73 Å². The van der Waals surface area contributed by atoms with Gasteiger partial charge in [-0.2, -0.15) is 0 Å². The van der Waals surface area contributed by atoms with Crippen LogP contribution in [0.3, 0.4) is 0 Å². The molecule has 78 valence electrons. The number of carbonyl (C=O) groups is 1. The summed E-state index contributed by atoms with van der Waals surface area (Å²) in [4.78, 5) is 15.6. The molecule has 1 unspecified atom stereocenters. The summed E-state index contributed by atoms with van der Waals surface area (Å²) < 4.78 is 12.7. The topological polar surface area (TPSA) is 67.5 Å². The van der Waals surface area contributed by atoms with Crippen LogP contribution in [0, 0.1) is 5.82 Å². The van der Waals surface area contributed by atoms with Gasteiger partial charge in [0.2, 0.25) is 0 Å². The van der Waals surface area contributed by atoms with E-state index >= 15 is 0 Å². The zero-order chi connectivity index (χ0) is 11.1. The summed E-state index contributed by atoms with van der Waals surface area (Å²) in [6, 6.07) is 5.63. The molecule has 0 saturated heterocycles. The van der Waals surface area contributed by atoms with Gasteiger partial charge < -0.3 is 5.73 Å². The third-order valence-corrected chi connectivity index (χ3v) is 2.43. The van der Waals surface area contributed by atoms with Crippen molar-refractivity contribution in [2.75, 3.05) is 0 Å². The van der Waals surface area contributed by atoms with Crippen molar-refractivity contribution in [3.8, 4) is 0 Å². The van der Waals surface area contributed by atoms with Crippen LogP contribution in [0.4, 0.5) is 4.39 Å². The molecule has 3 N–H and O–H groups in total. The zero-order valence-corrected chi connectivity index (χ0v) is 8.12. The second-order valence-corrected chi connectivity index (χ2v) is 3.53. The maximum Gasteiger partial charge on any atom is 0.259 e. The average molecular weight is 207 g/mol. The van der Waals surface area contributed by atoms with Crippen LogP contribution in [0.2, 0.25) is 0 Å². The molecule has 15 heavy (non-hydrogen) atoms. The molecule has 0 aliphatic carbocycles. The second kappa shape index (κ2) is 3.05. The third-order valence-electron chi connectivity index (χ3n) is 2.43. The number of guanidine groups is 1. The van der Waals surface area contributed by atoms with Gasteiger partial charge in [0.15, 0.2) is 11.5 Å². The SMILES string of the molecule is CC1(c2ccc(F)cc2)N=C(N)NC1=O. The van der Waals surface area contributed by atoms with Crippen molar-refractivity contribution < 1.29 is 9.18 Å². The lowest BCUT2D eigenvalue weighted by atomic mass is 9.93. The molecule has 0 aromatic heterocycles. The summed E-state index contributed by atoms with van der Waals surface area (Å²) in [5, 5.41) is 2.42. The van der Waals surface area contributed by atoms with Gasteiger partial charge >= 0.3 is 0 Å². The minimum Gasteiger partial charge on any atom is -0.370 e. The van der Waals surface area contributed by atoms with Gasteiger partial charge in [-0.1, -0.05) is 12.1 Å². The predicted octanol–water partition coefficient (Wildman–Crippen LogP) is 0.485. The number of hydrogen-bond donors (Lipinski definition) is 2. The van der Waals surface area contributed by atoms with Gasteiger partial charge in [0.25, 0.3) is 5.91 Å². The Hall–Kier alpha value is -1.91. The number of rotatable bonds is 1. The molecular weight excluding hydrogens is 197 g/mol. The number of nitrogens with two attached hydrogens (primary N) is 1. The Balaban J connectivity index is 2.46. The highest BCUT2D eigenvalue weighted by Crippen LogP contribution is 2.28. The number of carbonyl (C=O) groups excluding carboxylic acids is 1. The summed E-state index contributed by atoms with van der Waals surface area (Å²) >= 11 is 0. The number of halogens is 1. The van der Waals surface area contributed by atoms with E-state index in [1.807, 2.05) is 0 Å². The van der Waals surface area contributed by atoms with E-state index in [-0.39, 0.29) is 17.7 Å². The van der Waals surface area contributed by atoms with Crippen molar-refractivity contribution in [2.45, 2.75) is 12.5 Å². The molecule has 1 aromatic carbocycles. The first-order valence-corrected chi connectivity index (χ1v) is 4.45. The summed E-state index contributed by atoms with van der Waals surface area (Å²) in [6.07, 6.45) is 0. The maximum atomic E-state index is 12.7. The molecule has 0 saturated carbocycles. The molecule has 1 atom stereocenters. The van der Waals surface area contributed by atoms with Crippen LogP contribution in [-0.2, 0) is 10.3 Å². The van der Waals surface area contributed by atoms with Gasteiger partial charge in [-0.15, -0.1) is 0 Å². The van der Waals surface area contributed by atoms with Crippen LogP contribution in [0.15, 0.2) is 29.3 Å². The van der Waals surface area contributed by atoms with E-state index in [1.54, 1.807) is 6.92 Å². The molecule has 1 heterocycles. The van der Waals surface area contributed by atoms with Crippen LogP contribution < -0.4 is 11.1 Å². The molecular formula is C10H10FN3O. The van der Waals surface area contributed by atoms with Crippen molar-refractivity contribution >= 4 is 11.9 Å². The van der Waals surface area contributed by atoms with E-state index in [2.05, 4.69) is 10.3 Å². The number of aliphatic imine (C=N–C) groups is 1. The predicted molar refractivity (Wildman–Crippen MR) is 53.5 cm³/mol. The van der Waals surface area contributed by atoms with Gasteiger partial charge in [0.05, 0.1) is 0 Å².